The predicted octanol–water partition coefficient (Wildman–Crippen LogP) is 4.40. The summed E-state index contributed by atoms with van der Waals surface area (Å²) >= 11 is 0. The molecule has 3 N–H and O–H groups in total. The number of allylic oxidation sites excluding steroid dienone is 2. The Bertz CT molecular complexity index is 1310. The molecule has 0 saturated carbocycles. The first-order valence-corrected chi connectivity index (χ1v) is 10.2. The van der Waals surface area contributed by atoms with Gasteiger partial charge in [-0.3, -0.25) is 15.1 Å². The Morgan fingerprint density at radius 2 is 2.06 bits per heavy atom. The fraction of sp³-hybridized carbons (Fsp3) is 0.167. The molecule has 0 fully saturated rings. The topological polar surface area (TPSA) is 98.4 Å². The quantitative estimate of drug-likeness (QED) is 0.361. The highest BCUT2D eigenvalue weighted by Crippen LogP contribution is 2.29. The van der Waals surface area contributed by atoms with E-state index < -0.39 is 0 Å². The summed E-state index contributed by atoms with van der Waals surface area (Å²) in [5.74, 6) is 0.697. The summed E-state index contributed by atoms with van der Waals surface area (Å²) < 4.78 is 0. The van der Waals surface area contributed by atoms with Gasteiger partial charge < -0.3 is 15.2 Å². The van der Waals surface area contributed by atoms with E-state index in [1.165, 1.54) is 0 Å². The Morgan fingerprint density at radius 3 is 2.84 bits per heavy atom. The molecule has 8 nitrogen and oxygen atoms in total. The molecule has 4 heterocycles. The molecule has 0 saturated heterocycles. The van der Waals surface area contributed by atoms with Crippen LogP contribution in [0.3, 0.4) is 0 Å². The van der Waals surface area contributed by atoms with Crippen molar-refractivity contribution < 1.29 is 0 Å². The number of imidazole rings is 1. The van der Waals surface area contributed by atoms with E-state index in [1.54, 1.807) is 24.7 Å². The number of rotatable bonds is 8. The number of aryl methyl sites for hydroxylation is 1. The normalized spacial score (nSPS) is 11.5. The predicted molar refractivity (Wildman–Crippen MR) is 130 cm³/mol. The van der Waals surface area contributed by atoms with E-state index in [0.717, 1.165) is 57.2 Å². The first-order chi connectivity index (χ1) is 15.4. The highest BCUT2D eigenvalue weighted by Gasteiger charge is 2.15. The van der Waals surface area contributed by atoms with Crippen LogP contribution in [0.25, 0.3) is 39.8 Å². The number of hydrogen-bond donors (Lipinski definition) is 3. The van der Waals surface area contributed by atoms with Crippen LogP contribution in [0.15, 0.2) is 61.7 Å². The third-order valence-corrected chi connectivity index (χ3v) is 4.85. The van der Waals surface area contributed by atoms with Crippen LogP contribution in [-0.2, 0) is 0 Å². The first-order valence-electron chi connectivity index (χ1n) is 10.2. The average Bonchev–Trinajstić information content (AvgIpc) is 3.34. The van der Waals surface area contributed by atoms with Gasteiger partial charge in [-0.25, -0.2) is 4.98 Å². The molecular formula is C24H26N8. The smallest absolute Gasteiger partial charge is 0.159 e. The number of anilines is 1. The van der Waals surface area contributed by atoms with Crippen molar-refractivity contribution in [2.75, 3.05) is 26.0 Å². The van der Waals surface area contributed by atoms with Gasteiger partial charge in [0.25, 0.3) is 0 Å². The van der Waals surface area contributed by atoms with Crippen LogP contribution in [0.5, 0.6) is 0 Å². The summed E-state index contributed by atoms with van der Waals surface area (Å²) in [4.78, 5) is 19.0. The largest absolute Gasteiger partial charge is 0.357 e. The first kappa shape index (κ1) is 21.2. The number of pyridine rings is 2. The Labute approximate surface area is 186 Å². The van der Waals surface area contributed by atoms with Gasteiger partial charge in [0.15, 0.2) is 5.82 Å². The highest BCUT2D eigenvalue weighted by atomic mass is 15.1. The van der Waals surface area contributed by atoms with E-state index >= 15 is 0 Å². The van der Waals surface area contributed by atoms with Gasteiger partial charge in [0.2, 0.25) is 0 Å². The molecular weight excluding hydrogens is 400 g/mol. The lowest BCUT2D eigenvalue weighted by atomic mass is 10.1. The second-order valence-corrected chi connectivity index (χ2v) is 7.81. The van der Waals surface area contributed by atoms with Gasteiger partial charge in [-0.2, -0.15) is 5.10 Å². The second-order valence-electron chi connectivity index (χ2n) is 7.81. The summed E-state index contributed by atoms with van der Waals surface area (Å²) in [5, 5.41) is 11.7. The van der Waals surface area contributed by atoms with Crippen molar-refractivity contribution >= 4 is 22.7 Å². The van der Waals surface area contributed by atoms with Crippen molar-refractivity contribution in [1.82, 2.24) is 35.0 Å². The molecule has 8 heteroatoms. The second kappa shape index (κ2) is 8.99. The molecule has 0 aromatic carbocycles. The van der Waals surface area contributed by atoms with Gasteiger partial charge in [0.1, 0.15) is 5.69 Å². The van der Waals surface area contributed by atoms with Crippen molar-refractivity contribution in [2.45, 2.75) is 6.92 Å². The molecule has 0 spiro atoms. The molecule has 0 bridgehead atoms. The number of fused-ring (bicyclic) bond motifs is 1. The third kappa shape index (κ3) is 4.50. The van der Waals surface area contributed by atoms with Crippen molar-refractivity contribution in [2.24, 2.45) is 0 Å². The minimum atomic E-state index is 0.697. The van der Waals surface area contributed by atoms with Crippen molar-refractivity contribution in [3.05, 3.63) is 73.1 Å². The van der Waals surface area contributed by atoms with Crippen molar-refractivity contribution in [3.63, 3.8) is 0 Å². The molecule has 0 aliphatic rings. The van der Waals surface area contributed by atoms with Crippen LogP contribution in [0.2, 0.25) is 0 Å². The van der Waals surface area contributed by atoms with Crippen molar-refractivity contribution in [3.8, 4) is 22.8 Å². The monoisotopic (exact) mass is 426 g/mol. The number of H-pyrrole nitrogens is 2. The number of aromatic amines is 2. The van der Waals surface area contributed by atoms with Gasteiger partial charge in [0.05, 0.1) is 35.0 Å². The van der Waals surface area contributed by atoms with E-state index in [-0.39, 0.29) is 0 Å². The van der Waals surface area contributed by atoms with E-state index in [2.05, 4.69) is 53.5 Å². The summed E-state index contributed by atoms with van der Waals surface area (Å²) in [6.45, 7) is 10.5. The molecule has 0 amide bonds. The Balaban J connectivity index is 1.68. The van der Waals surface area contributed by atoms with Crippen LogP contribution in [0, 0.1) is 6.92 Å². The molecule has 162 valence electrons. The molecule has 0 aliphatic heterocycles. The Hall–Kier alpha value is -4.04. The van der Waals surface area contributed by atoms with Crippen LogP contribution in [0.1, 0.15) is 11.4 Å². The van der Waals surface area contributed by atoms with E-state index in [9.17, 15) is 0 Å². The standard InChI is InChI=1S/C24H26N8/c1-6-7-8-20-16(3)28-24(29-20)23-19-10-21(26-13-22(19)30-31-23)17-9-18(12-25-11-17)27-15(2)14-32(4)5/h6-13,27H,1-2,14H2,3-5H3,(H,28,29)(H,30,31)/b8-7-. The van der Waals surface area contributed by atoms with E-state index in [0.29, 0.717) is 5.82 Å². The lowest BCUT2D eigenvalue weighted by molar-refractivity contribution is 0.447. The molecule has 32 heavy (non-hydrogen) atoms. The van der Waals surface area contributed by atoms with Gasteiger partial charge in [-0.1, -0.05) is 25.3 Å². The molecule has 0 radical (unpaired) electrons. The maximum atomic E-state index is 4.68. The summed E-state index contributed by atoms with van der Waals surface area (Å²) in [5.41, 5.74) is 6.84. The molecule has 4 rings (SSSR count). The SMILES string of the molecule is C=C/C=C\c1nc(-c2n[nH]c3cnc(-c4cncc(NC(=C)CN(C)C)c4)cc23)[nH]c1C. The summed E-state index contributed by atoms with van der Waals surface area (Å²) in [7, 11) is 4.00. The lowest BCUT2D eigenvalue weighted by Crippen LogP contribution is -2.18. The highest BCUT2D eigenvalue weighted by molar-refractivity contribution is 5.93. The zero-order valence-electron chi connectivity index (χ0n) is 18.5. The zero-order valence-corrected chi connectivity index (χ0v) is 18.5. The van der Waals surface area contributed by atoms with E-state index in [1.807, 2.05) is 45.3 Å². The summed E-state index contributed by atoms with van der Waals surface area (Å²) in [6, 6.07) is 4.01. The lowest BCUT2D eigenvalue weighted by Gasteiger charge is -2.14. The average molecular weight is 427 g/mol. The van der Waals surface area contributed by atoms with Crippen LogP contribution in [-0.4, -0.2) is 55.7 Å². The minimum Gasteiger partial charge on any atom is -0.357 e. The van der Waals surface area contributed by atoms with Gasteiger partial charge in [-0.05, 0) is 39.2 Å². The number of hydrogen-bond acceptors (Lipinski definition) is 6. The van der Waals surface area contributed by atoms with Gasteiger partial charge in [-0.15, -0.1) is 0 Å². The van der Waals surface area contributed by atoms with E-state index in [4.69, 9.17) is 0 Å². The van der Waals surface area contributed by atoms with Crippen LogP contribution in [0.4, 0.5) is 5.69 Å². The Morgan fingerprint density at radius 1 is 1.22 bits per heavy atom. The molecule has 0 unspecified atom stereocenters. The van der Waals surface area contributed by atoms with Gasteiger partial charge in [0, 0.05) is 35.1 Å². The number of aromatic nitrogens is 6. The third-order valence-electron chi connectivity index (χ3n) is 4.85. The van der Waals surface area contributed by atoms with Crippen molar-refractivity contribution in [1.29, 1.82) is 0 Å². The molecule has 4 aromatic rings. The maximum absolute atomic E-state index is 4.68. The molecule has 0 aliphatic carbocycles. The number of likely N-dealkylation sites (N-methyl/N-ethyl adjacent to an activating group) is 1. The molecule has 4 aromatic heterocycles. The Kier molecular flexibility index (Phi) is 5.96. The zero-order chi connectivity index (χ0) is 22.7. The maximum Gasteiger partial charge on any atom is 0.159 e. The van der Waals surface area contributed by atoms with Gasteiger partial charge >= 0.3 is 0 Å². The molecule has 0 atom stereocenters. The fourth-order valence-electron chi connectivity index (χ4n) is 3.44. The number of nitrogens with one attached hydrogen (secondary N) is 3. The van der Waals surface area contributed by atoms with Crippen LogP contribution < -0.4 is 5.32 Å². The summed E-state index contributed by atoms with van der Waals surface area (Å²) in [6.07, 6.45) is 10.8. The van der Waals surface area contributed by atoms with Crippen LogP contribution >= 0.6 is 0 Å². The fourth-order valence-corrected chi connectivity index (χ4v) is 3.44. The minimum absolute atomic E-state index is 0.697. The number of nitrogens with zero attached hydrogens (tertiary/aromatic N) is 5.